The first-order valence-corrected chi connectivity index (χ1v) is 8.26. The van der Waals surface area contributed by atoms with E-state index in [0.717, 1.165) is 18.8 Å². The molecule has 0 unspecified atom stereocenters. The predicted molar refractivity (Wildman–Crippen MR) is 91.4 cm³/mol. The molecule has 3 heterocycles. The second-order valence-corrected chi connectivity index (χ2v) is 5.90. The summed E-state index contributed by atoms with van der Waals surface area (Å²) in [4.78, 5) is 30.6. The summed E-state index contributed by atoms with van der Waals surface area (Å²) in [7, 11) is 0. The van der Waals surface area contributed by atoms with Crippen LogP contribution in [0.2, 0.25) is 0 Å². The van der Waals surface area contributed by atoms with Gasteiger partial charge in [-0.1, -0.05) is 6.07 Å². The van der Waals surface area contributed by atoms with Crippen molar-refractivity contribution < 1.29 is 13.9 Å². The molecule has 1 aliphatic rings. The van der Waals surface area contributed by atoms with E-state index in [-0.39, 0.29) is 17.2 Å². The Bertz CT molecular complexity index is 769. The molecule has 0 aliphatic carbocycles. The van der Waals surface area contributed by atoms with Crippen molar-refractivity contribution >= 4 is 5.91 Å². The number of carbonyl (C=O) groups is 1. The Morgan fingerprint density at radius 2 is 2.12 bits per heavy atom. The predicted octanol–water partition coefficient (Wildman–Crippen LogP) is 1.15. The van der Waals surface area contributed by atoms with Crippen LogP contribution in [0.15, 0.2) is 45.7 Å². The van der Waals surface area contributed by atoms with Gasteiger partial charge in [-0.2, -0.15) is 0 Å². The van der Waals surface area contributed by atoms with E-state index < -0.39 is 5.91 Å². The molecule has 0 spiro atoms. The second kappa shape index (κ2) is 8.04. The highest BCUT2D eigenvalue weighted by Gasteiger charge is 2.24. The molecule has 0 saturated carbocycles. The van der Waals surface area contributed by atoms with Crippen LogP contribution in [-0.4, -0.2) is 48.6 Å². The molecule has 2 aromatic heterocycles. The number of amides is 1. The van der Waals surface area contributed by atoms with Gasteiger partial charge in [-0.3, -0.25) is 19.5 Å². The van der Waals surface area contributed by atoms with Crippen LogP contribution in [0, 0.1) is 6.92 Å². The Hall–Kier alpha value is -2.51. The van der Waals surface area contributed by atoms with Gasteiger partial charge in [0.05, 0.1) is 24.9 Å². The molecule has 1 fully saturated rings. The Morgan fingerprint density at radius 1 is 1.32 bits per heavy atom. The number of aromatic nitrogens is 1. The summed E-state index contributed by atoms with van der Waals surface area (Å²) in [6.07, 6.45) is 1.74. The number of morpholine rings is 1. The van der Waals surface area contributed by atoms with Crippen molar-refractivity contribution in [3.63, 3.8) is 0 Å². The van der Waals surface area contributed by atoms with Crippen LogP contribution < -0.4 is 10.7 Å². The lowest BCUT2D eigenvalue weighted by Crippen LogP contribution is -2.44. The van der Waals surface area contributed by atoms with Crippen molar-refractivity contribution in [2.24, 2.45) is 0 Å². The Balaban J connectivity index is 1.73. The number of ether oxygens (including phenoxy) is 1. The molecule has 0 aromatic carbocycles. The maximum Gasteiger partial charge on any atom is 0.287 e. The molecule has 7 heteroatoms. The van der Waals surface area contributed by atoms with Gasteiger partial charge in [0.1, 0.15) is 5.76 Å². The molecular formula is C18H21N3O4. The van der Waals surface area contributed by atoms with Gasteiger partial charge in [0, 0.05) is 38.0 Å². The minimum absolute atomic E-state index is 0.0201. The molecule has 3 rings (SSSR count). The number of carbonyl (C=O) groups excluding carboxylic acids is 1. The molecule has 7 nitrogen and oxygen atoms in total. The van der Waals surface area contributed by atoms with E-state index in [2.05, 4.69) is 15.2 Å². The molecule has 132 valence electrons. The van der Waals surface area contributed by atoms with E-state index in [4.69, 9.17) is 9.15 Å². The van der Waals surface area contributed by atoms with Gasteiger partial charge in [-0.05, 0) is 19.1 Å². The summed E-state index contributed by atoms with van der Waals surface area (Å²) in [6.45, 7) is 4.87. The van der Waals surface area contributed by atoms with Crippen molar-refractivity contribution in [2.45, 2.75) is 13.0 Å². The van der Waals surface area contributed by atoms with Crippen molar-refractivity contribution in [2.75, 3.05) is 32.8 Å². The van der Waals surface area contributed by atoms with Gasteiger partial charge in [0.25, 0.3) is 5.91 Å². The zero-order chi connectivity index (χ0) is 17.6. The molecule has 2 aromatic rings. The number of pyridine rings is 1. The molecule has 0 radical (unpaired) electrons. The van der Waals surface area contributed by atoms with Crippen LogP contribution >= 0.6 is 0 Å². The van der Waals surface area contributed by atoms with Gasteiger partial charge in [0.15, 0.2) is 11.2 Å². The number of aryl methyl sites for hydroxylation is 1. The monoisotopic (exact) mass is 343 g/mol. The second-order valence-electron chi connectivity index (χ2n) is 5.90. The van der Waals surface area contributed by atoms with Gasteiger partial charge >= 0.3 is 0 Å². The lowest BCUT2D eigenvalue weighted by atomic mass is 10.1. The Labute approximate surface area is 145 Å². The topological polar surface area (TPSA) is 84.7 Å². The fourth-order valence-electron chi connectivity index (χ4n) is 2.87. The number of rotatable bonds is 5. The molecule has 25 heavy (non-hydrogen) atoms. The molecular weight excluding hydrogens is 322 g/mol. The first kappa shape index (κ1) is 17.3. The van der Waals surface area contributed by atoms with E-state index in [1.807, 2.05) is 18.2 Å². The van der Waals surface area contributed by atoms with Crippen molar-refractivity contribution in [3.8, 4) is 0 Å². The fraction of sp³-hybridized carbons (Fsp3) is 0.389. The third kappa shape index (κ3) is 4.52. The van der Waals surface area contributed by atoms with Crippen LogP contribution in [-0.2, 0) is 4.74 Å². The lowest BCUT2D eigenvalue weighted by molar-refractivity contribution is 0.0153. The van der Waals surface area contributed by atoms with Gasteiger partial charge in [-0.15, -0.1) is 0 Å². The maximum atomic E-state index is 12.4. The number of nitrogens with one attached hydrogen (secondary N) is 1. The average molecular weight is 343 g/mol. The minimum Gasteiger partial charge on any atom is -0.456 e. The largest absolute Gasteiger partial charge is 0.456 e. The van der Waals surface area contributed by atoms with Crippen LogP contribution in [0.5, 0.6) is 0 Å². The summed E-state index contributed by atoms with van der Waals surface area (Å²) in [5, 5.41) is 2.86. The fourth-order valence-corrected chi connectivity index (χ4v) is 2.87. The van der Waals surface area contributed by atoms with E-state index in [1.165, 1.54) is 12.1 Å². The van der Waals surface area contributed by atoms with E-state index in [1.54, 1.807) is 13.1 Å². The highest BCUT2D eigenvalue weighted by atomic mass is 16.5. The van der Waals surface area contributed by atoms with Gasteiger partial charge in [0.2, 0.25) is 0 Å². The third-order valence-corrected chi connectivity index (χ3v) is 4.09. The maximum absolute atomic E-state index is 12.4. The third-order valence-electron chi connectivity index (χ3n) is 4.09. The first-order valence-electron chi connectivity index (χ1n) is 8.26. The van der Waals surface area contributed by atoms with Crippen LogP contribution in [0.25, 0.3) is 0 Å². The molecule has 1 amide bonds. The molecule has 1 aliphatic heterocycles. The first-order chi connectivity index (χ1) is 12.1. The van der Waals surface area contributed by atoms with Gasteiger partial charge in [-0.25, -0.2) is 0 Å². The Kier molecular flexibility index (Phi) is 5.57. The summed E-state index contributed by atoms with van der Waals surface area (Å²) in [6, 6.07) is 8.22. The standard InChI is InChI=1S/C18H21N3O4/c1-13-10-14(22)11-17(25-13)18(23)20-12-16(15-4-2-3-5-19-15)21-6-8-24-9-7-21/h2-5,10-11,16H,6-9,12H2,1H3,(H,20,23)/t16-/m1/s1. The van der Waals surface area contributed by atoms with Crippen LogP contribution in [0.3, 0.4) is 0 Å². The lowest BCUT2D eigenvalue weighted by Gasteiger charge is -2.34. The number of hydrogen-bond donors (Lipinski definition) is 1. The normalized spacial score (nSPS) is 16.4. The SMILES string of the molecule is Cc1cc(=O)cc(C(=O)NC[C@H](c2ccccn2)N2CCOCC2)o1. The molecule has 0 bridgehead atoms. The van der Waals surface area contributed by atoms with E-state index in [0.29, 0.717) is 25.5 Å². The zero-order valence-corrected chi connectivity index (χ0v) is 14.1. The van der Waals surface area contributed by atoms with Crippen molar-refractivity contribution in [1.29, 1.82) is 0 Å². The Morgan fingerprint density at radius 3 is 2.80 bits per heavy atom. The van der Waals surface area contributed by atoms with Crippen LogP contribution in [0.4, 0.5) is 0 Å². The van der Waals surface area contributed by atoms with Gasteiger partial charge < -0.3 is 14.5 Å². The minimum atomic E-state index is -0.407. The zero-order valence-electron chi connectivity index (χ0n) is 14.1. The highest BCUT2D eigenvalue weighted by molar-refractivity contribution is 5.91. The number of nitrogens with zero attached hydrogens (tertiary/aromatic N) is 2. The summed E-state index contributed by atoms with van der Waals surface area (Å²) < 4.78 is 10.7. The highest BCUT2D eigenvalue weighted by Crippen LogP contribution is 2.19. The van der Waals surface area contributed by atoms with E-state index >= 15 is 0 Å². The molecule has 1 atom stereocenters. The quantitative estimate of drug-likeness (QED) is 0.877. The molecule has 1 saturated heterocycles. The summed E-state index contributed by atoms with van der Waals surface area (Å²) in [5.41, 5.74) is 0.638. The smallest absolute Gasteiger partial charge is 0.287 e. The van der Waals surface area contributed by atoms with E-state index in [9.17, 15) is 9.59 Å². The summed E-state index contributed by atoms with van der Waals surface area (Å²) >= 11 is 0. The van der Waals surface area contributed by atoms with Crippen molar-refractivity contribution in [3.05, 3.63) is 64.0 Å². The average Bonchev–Trinajstić information content (AvgIpc) is 2.63. The summed E-state index contributed by atoms with van der Waals surface area (Å²) in [5.74, 6) is 0.0221. The number of hydrogen-bond acceptors (Lipinski definition) is 6. The van der Waals surface area contributed by atoms with Crippen LogP contribution in [0.1, 0.15) is 28.1 Å². The molecule has 1 N–H and O–H groups in total. The van der Waals surface area contributed by atoms with Crippen molar-refractivity contribution in [1.82, 2.24) is 15.2 Å².